The van der Waals surface area contributed by atoms with Crippen LogP contribution in [0.15, 0.2) is 42.6 Å². The van der Waals surface area contributed by atoms with Gasteiger partial charge in [0.25, 0.3) is 0 Å². The molecule has 1 N–H and O–H groups in total. The lowest BCUT2D eigenvalue weighted by Gasteiger charge is -2.20. The van der Waals surface area contributed by atoms with E-state index in [2.05, 4.69) is 54.3 Å². The van der Waals surface area contributed by atoms with Crippen LogP contribution in [0.25, 0.3) is 0 Å². The maximum Gasteiger partial charge on any atom is 0.0541 e. The Bertz CT molecular complexity index is 517. The van der Waals surface area contributed by atoms with E-state index >= 15 is 0 Å². The Labute approximate surface area is 121 Å². The summed E-state index contributed by atoms with van der Waals surface area (Å²) in [4.78, 5) is 6.58. The van der Waals surface area contributed by atoms with Gasteiger partial charge in [-0.3, -0.25) is 4.98 Å². The number of aromatic nitrogens is 1. The molecule has 0 aliphatic rings. The zero-order chi connectivity index (χ0) is 14.4. The fourth-order valence-corrected chi connectivity index (χ4v) is 2.27. The van der Waals surface area contributed by atoms with Crippen molar-refractivity contribution < 1.29 is 0 Å². The molecule has 2 rings (SSSR count). The van der Waals surface area contributed by atoms with Gasteiger partial charge in [-0.25, -0.2) is 0 Å². The minimum atomic E-state index is 0.821. The molecule has 0 bridgehead atoms. The van der Waals surface area contributed by atoms with Crippen molar-refractivity contribution in [3.05, 3.63) is 59.4 Å². The first-order valence-corrected chi connectivity index (χ1v) is 7.05. The van der Waals surface area contributed by atoms with E-state index in [0.717, 1.165) is 25.3 Å². The molecule has 2 aromatic rings. The van der Waals surface area contributed by atoms with E-state index in [-0.39, 0.29) is 0 Å². The molecule has 1 aromatic carbocycles. The second-order valence-corrected chi connectivity index (χ2v) is 5.27. The van der Waals surface area contributed by atoms with Crippen LogP contribution < -0.4 is 10.2 Å². The van der Waals surface area contributed by atoms with E-state index < -0.39 is 0 Å². The molecular weight excluding hydrogens is 246 g/mol. The molecular formula is C17H23N3. The highest BCUT2D eigenvalue weighted by Gasteiger charge is 2.02. The van der Waals surface area contributed by atoms with Gasteiger partial charge in [-0.2, -0.15) is 0 Å². The fourth-order valence-electron chi connectivity index (χ4n) is 2.27. The van der Waals surface area contributed by atoms with Crippen LogP contribution in [0.4, 0.5) is 5.69 Å². The number of pyridine rings is 1. The first-order valence-electron chi connectivity index (χ1n) is 7.05. The van der Waals surface area contributed by atoms with Crippen molar-refractivity contribution in [3.8, 4) is 0 Å². The van der Waals surface area contributed by atoms with E-state index in [4.69, 9.17) is 0 Å². The Balaban J connectivity index is 1.79. The molecule has 106 valence electrons. The van der Waals surface area contributed by atoms with Gasteiger partial charge in [0.2, 0.25) is 0 Å². The van der Waals surface area contributed by atoms with Crippen molar-refractivity contribution in [2.45, 2.75) is 20.4 Å². The summed E-state index contributed by atoms with van der Waals surface area (Å²) in [5.74, 6) is 0. The zero-order valence-electron chi connectivity index (χ0n) is 12.6. The van der Waals surface area contributed by atoms with E-state index in [1.807, 2.05) is 24.4 Å². The maximum atomic E-state index is 4.30. The number of rotatable bonds is 6. The van der Waals surface area contributed by atoms with Gasteiger partial charge < -0.3 is 10.2 Å². The first kappa shape index (κ1) is 14.5. The maximum absolute atomic E-state index is 4.30. The number of hydrogen-bond donors (Lipinski definition) is 1. The third kappa shape index (κ3) is 4.35. The van der Waals surface area contributed by atoms with E-state index in [9.17, 15) is 0 Å². The van der Waals surface area contributed by atoms with E-state index in [1.165, 1.54) is 16.8 Å². The third-order valence-electron chi connectivity index (χ3n) is 3.30. The molecule has 0 saturated carbocycles. The summed E-state index contributed by atoms with van der Waals surface area (Å²) in [5, 5.41) is 3.43. The summed E-state index contributed by atoms with van der Waals surface area (Å²) in [5.41, 5.74) is 4.99. The second-order valence-electron chi connectivity index (χ2n) is 5.27. The lowest BCUT2D eigenvalue weighted by Crippen LogP contribution is -2.29. The van der Waals surface area contributed by atoms with Crippen LogP contribution in [-0.2, 0) is 6.54 Å². The van der Waals surface area contributed by atoms with Crippen LogP contribution in [0, 0.1) is 13.8 Å². The summed E-state index contributed by atoms with van der Waals surface area (Å²) in [6.45, 7) is 7.03. The Morgan fingerprint density at radius 3 is 2.50 bits per heavy atom. The number of aryl methyl sites for hydroxylation is 2. The Hall–Kier alpha value is -1.87. The Morgan fingerprint density at radius 1 is 1.10 bits per heavy atom. The third-order valence-corrected chi connectivity index (χ3v) is 3.30. The number of nitrogens with one attached hydrogen (secondary N) is 1. The molecule has 0 saturated heterocycles. The minimum Gasteiger partial charge on any atom is -0.373 e. The average Bonchev–Trinajstić information content (AvgIpc) is 2.43. The summed E-state index contributed by atoms with van der Waals surface area (Å²) < 4.78 is 0. The highest BCUT2D eigenvalue weighted by molar-refractivity contribution is 5.50. The quantitative estimate of drug-likeness (QED) is 0.817. The van der Waals surface area contributed by atoms with Gasteiger partial charge in [0, 0.05) is 38.6 Å². The lowest BCUT2D eigenvalue weighted by atomic mass is 10.1. The van der Waals surface area contributed by atoms with Crippen molar-refractivity contribution in [3.63, 3.8) is 0 Å². The summed E-state index contributed by atoms with van der Waals surface area (Å²) in [7, 11) is 2.14. The monoisotopic (exact) mass is 269 g/mol. The molecule has 3 heteroatoms. The van der Waals surface area contributed by atoms with Gasteiger partial charge in [0.1, 0.15) is 0 Å². The van der Waals surface area contributed by atoms with E-state index in [1.54, 1.807) is 0 Å². The van der Waals surface area contributed by atoms with Gasteiger partial charge in [0.05, 0.1) is 5.69 Å². The number of benzene rings is 1. The second kappa shape index (κ2) is 7.06. The molecule has 3 nitrogen and oxygen atoms in total. The molecule has 0 aliphatic carbocycles. The fraction of sp³-hybridized carbons (Fsp3) is 0.353. The molecule has 0 unspecified atom stereocenters. The molecule has 0 atom stereocenters. The van der Waals surface area contributed by atoms with Crippen LogP contribution in [0.1, 0.15) is 16.8 Å². The van der Waals surface area contributed by atoms with Crippen LogP contribution in [-0.4, -0.2) is 25.1 Å². The predicted octanol–water partition coefficient (Wildman–Crippen LogP) is 2.92. The van der Waals surface area contributed by atoms with Crippen LogP contribution in [0.3, 0.4) is 0 Å². The topological polar surface area (TPSA) is 28.2 Å². The molecule has 1 heterocycles. The first-order chi connectivity index (χ1) is 9.65. The summed E-state index contributed by atoms with van der Waals surface area (Å²) in [6, 6.07) is 12.7. The molecule has 20 heavy (non-hydrogen) atoms. The van der Waals surface area contributed by atoms with Crippen molar-refractivity contribution in [2.24, 2.45) is 0 Å². The van der Waals surface area contributed by atoms with Gasteiger partial charge in [0.15, 0.2) is 0 Å². The van der Waals surface area contributed by atoms with Gasteiger partial charge >= 0.3 is 0 Å². The molecule has 0 amide bonds. The molecule has 0 radical (unpaired) electrons. The molecule has 1 aromatic heterocycles. The highest BCUT2D eigenvalue weighted by Crippen LogP contribution is 2.16. The van der Waals surface area contributed by atoms with Crippen LogP contribution >= 0.6 is 0 Å². The Morgan fingerprint density at radius 2 is 1.85 bits per heavy atom. The van der Waals surface area contributed by atoms with Crippen LogP contribution in [0.2, 0.25) is 0 Å². The molecule has 0 spiro atoms. The number of likely N-dealkylation sites (N-methyl/N-ethyl adjacent to an activating group) is 1. The number of anilines is 1. The largest absolute Gasteiger partial charge is 0.373 e. The van der Waals surface area contributed by atoms with Gasteiger partial charge in [-0.05, 0) is 49.2 Å². The van der Waals surface area contributed by atoms with Crippen molar-refractivity contribution in [1.82, 2.24) is 10.3 Å². The predicted molar refractivity (Wildman–Crippen MR) is 85.1 cm³/mol. The lowest BCUT2D eigenvalue weighted by molar-refractivity contribution is 0.669. The molecule has 0 fully saturated rings. The summed E-state index contributed by atoms with van der Waals surface area (Å²) >= 11 is 0. The van der Waals surface area contributed by atoms with E-state index in [0.29, 0.717) is 0 Å². The highest BCUT2D eigenvalue weighted by atomic mass is 15.1. The number of hydrogen-bond acceptors (Lipinski definition) is 3. The van der Waals surface area contributed by atoms with Gasteiger partial charge in [-0.15, -0.1) is 0 Å². The van der Waals surface area contributed by atoms with Crippen molar-refractivity contribution in [2.75, 3.05) is 25.0 Å². The molecule has 0 aliphatic heterocycles. The zero-order valence-corrected chi connectivity index (χ0v) is 12.6. The smallest absolute Gasteiger partial charge is 0.0541 e. The Kier molecular flexibility index (Phi) is 5.13. The SMILES string of the molecule is Cc1cc(C)cc(N(C)CCNCc2ccccn2)c1. The standard InChI is InChI=1S/C17H23N3/c1-14-10-15(2)12-17(11-14)20(3)9-8-18-13-16-6-4-5-7-19-16/h4-7,10-12,18H,8-9,13H2,1-3H3. The van der Waals surface area contributed by atoms with Crippen molar-refractivity contribution >= 4 is 5.69 Å². The average molecular weight is 269 g/mol. The van der Waals surface area contributed by atoms with Gasteiger partial charge in [-0.1, -0.05) is 12.1 Å². The normalized spacial score (nSPS) is 10.6. The van der Waals surface area contributed by atoms with Crippen LogP contribution in [0.5, 0.6) is 0 Å². The summed E-state index contributed by atoms with van der Waals surface area (Å²) in [6.07, 6.45) is 1.83. The van der Waals surface area contributed by atoms with Crippen molar-refractivity contribution in [1.29, 1.82) is 0 Å². The number of nitrogens with zero attached hydrogens (tertiary/aromatic N) is 2. The minimum absolute atomic E-state index is 0.821.